The summed E-state index contributed by atoms with van der Waals surface area (Å²) in [4.78, 5) is 11.9. The van der Waals surface area contributed by atoms with Gasteiger partial charge < -0.3 is 14.6 Å². The molecule has 0 amide bonds. The van der Waals surface area contributed by atoms with Crippen LogP contribution < -0.4 is 9.47 Å². The van der Waals surface area contributed by atoms with E-state index >= 15 is 0 Å². The van der Waals surface area contributed by atoms with E-state index in [-0.39, 0.29) is 5.88 Å². The van der Waals surface area contributed by atoms with Crippen LogP contribution in [0, 0.1) is 0 Å². The SMILES string of the molecule is CCc1c(OC(=O)O)nn(-c2ccc(OC)cc2)c1-c1cc(Cl)cs1. The number of thiophene rings is 1. The lowest BCUT2D eigenvalue weighted by Crippen LogP contribution is -2.05. The Balaban J connectivity index is 2.20. The summed E-state index contributed by atoms with van der Waals surface area (Å²) in [5, 5.41) is 15.8. The Morgan fingerprint density at radius 1 is 1.36 bits per heavy atom. The van der Waals surface area contributed by atoms with E-state index in [1.54, 1.807) is 11.8 Å². The molecule has 130 valence electrons. The third kappa shape index (κ3) is 3.47. The molecule has 1 N–H and O–H groups in total. The summed E-state index contributed by atoms with van der Waals surface area (Å²) in [6.07, 6.45) is -0.839. The molecule has 0 aliphatic heterocycles. The molecule has 3 rings (SSSR count). The number of halogens is 1. The van der Waals surface area contributed by atoms with Crippen LogP contribution >= 0.6 is 22.9 Å². The number of rotatable bonds is 5. The maximum atomic E-state index is 11.0. The Morgan fingerprint density at radius 3 is 2.60 bits per heavy atom. The lowest BCUT2D eigenvalue weighted by Gasteiger charge is -2.08. The molecule has 0 radical (unpaired) electrons. The van der Waals surface area contributed by atoms with Gasteiger partial charge in [-0.2, -0.15) is 0 Å². The van der Waals surface area contributed by atoms with Gasteiger partial charge in [0, 0.05) is 10.9 Å². The first-order valence-corrected chi connectivity index (χ1v) is 8.70. The molecule has 2 aromatic heterocycles. The molecule has 0 spiro atoms. The van der Waals surface area contributed by atoms with Crippen molar-refractivity contribution in [3.05, 3.63) is 46.3 Å². The maximum absolute atomic E-state index is 11.0. The zero-order valence-corrected chi connectivity index (χ0v) is 15.1. The third-order valence-electron chi connectivity index (χ3n) is 3.60. The Labute approximate surface area is 153 Å². The first kappa shape index (κ1) is 17.3. The van der Waals surface area contributed by atoms with Crippen LogP contribution in [0.5, 0.6) is 11.6 Å². The number of methoxy groups -OCH3 is 1. The summed E-state index contributed by atoms with van der Waals surface area (Å²) in [7, 11) is 1.59. The fourth-order valence-corrected chi connectivity index (χ4v) is 3.65. The number of carboxylic acid groups (broad SMARTS) is 1. The van der Waals surface area contributed by atoms with Gasteiger partial charge in [-0.15, -0.1) is 16.4 Å². The first-order valence-electron chi connectivity index (χ1n) is 7.45. The lowest BCUT2D eigenvalue weighted by molar-refractivity contribution is 0.142. The van der Waals surface area contributed by atoms with Crippen LogP contribution in [0.2, 0.25) is 5.02 Å². The van der Waals surface area contributed by atoms with E-state index in [0.29, 0.717) is 22.8 Å². The number of hydrogen-bond acceptors (Lipinski definition) is 5. The van der Waals surface area contributed by atoms with Gasteiger partial charge in [-0.05, 0) is 36.8 Å². The maximum Gasteiger partial charge on any atom is 0.512 e. The van der Waals surface area contributed by atoms with Crippen molar-refractivity contribution in [1.82, 2.24) is 9.78 Å². The van der Waals surface area contributed by atoms with Gasteiger partial charge in [-0.3, -0.25) is 0 Å². The number of nitrogens with zero attached hydrogens (tertiary/aromatic N) is 2. The van der Waals surface area contributed by atoms with Crippen molar-refractivity contribution in [3.8, 4) is 27.9 Å². The normalized spacial score (nSPS) is 10.7. The molecule has 3 aromatic rings. The van der Waals surface area contributed by atoms with Gasteiger partial charge in [0.15, 0.2) is 0 Å². The standard InChI is InChI=1S/C17H15ClN2O4S/c1-3-13-15(14-8-10(18)9-25-14)20(19-16(13)24-17(21)22)11-4-6-12(23-2)7-5-11/h4-9H,3H2,1-2H3,(H,21,22). The third-order valence-corrected chi connectivity index (χ3v) is 4.89. The summed E-state index contributed by atoms with van der Waals surface area (Å²) in [5.74, 6) is 0.791. The minimum atomic E-state index is -1.40. The average molecular weight is 379 g/mol. The van der Waals surface area contributed by atoms with E-state index in [2.05, 4.69) is 5.10 Å². The van der Waals surface area contributed by atoms with E-state index in [0.717, 1.165) is 16.3 Å². The lowest BCUT2D eigenvalue weighted by atomic mass is 10.1. The Hall–Kier alpha value is -2.51. The highest BCUT2D eigenvalue weighted by Crippen LogP contribution is 2.38. The summed E-state index contributed by atoms with van der Waals surface area (Å²) < 4.78 is 11.7. The molecule has 0 unspecified atom stereocenters. The minimum Gasteiger partial charge on any atom is -0.497 e. The van der Waals surface area contributed by atoms with Crippen molar-refractivity contribution in [2.24, 2.45) is 0 Å². The second-order valence-electron chi connectivity index (χ2n) is 5.09. The van der Waals surface area contributed by atoms with Gasteiger partial charge in [-0.1, -0.05) is 18.5 Å². The van der Waals surface area contributed by atoms with Crippen LogP contribution in [0.3, 0.4) is 0 Å². The van der Waals surface area contributed by atoms with Gasteiger partial charge in [0.1, 0.15) is 5.75 Å². The van der Waals surface area contributed by atoms with E-state index in [1.165, 1.54) is 11.3 Å². The molecule has 1 aromatic carbocycles. The number of hydrogen-bond donors (Lipinski definition) is 1. The second-order valence-corrected chi connectivity index (χ2v) is 6.44. The molecule has 0 saturated carbocycles. The predicted octanol–water partition coefficient (Wildman–Crippen LogP) is 4.88. The highest BCUT2D eigenvalue weighted by molar-refractivity contribution is 7.14. The summed E-state index contributed by atoms with van der Waals surface area (Å²) in [5.41, 5.74) is 2.23. The van der Waals surface area contributed by atoms with E-state index in [1.807, 2.05) is 42.6 Å². The summed E-state index contributed by atoms with van der Waals surface area (Å²) in [6.45, 7) is 1.92. The van der Waals surface area contributed by atoms with Crippen LogP contribution in [0.4, 0.5) is 4.79 Å². The molecular formula is C17H15ClN2O4S. The number of benzene rings is 1. The van der Waals surface area contributed by atoms with E-state index < -0.39 is 6.16 Å². The molecule has 0 aliphatic rings. The van der Waals surface area contributed by atoms with Crippen LogP contribution in [0.1, 0.15) is 12.5 Å². The van der Waals surface area contributed by atoms with Crippen molar-refractivity contribution in [2.45, 2.75) is 13.3 Å². The van der Waals surface area contributed by atoms with Gasteiger partial charge in [0.05, 0.1) is 28.4 Å². The molecule has 0 fully saturated rings. The molecule has 0 atom stereocenters. The molecule has 6 nitrogen and oxygen atoms in total. The largest absolute Gasteiger partial charge is 0.512 e. The second kappa shape index (κ2) is 7.16. The quantitative estimate of drug-likeness (QED) is 0.640. The molecule has 8 heteroatoms. The predicted molar refractivity (Wildman–Crippen MR) is 96.5 cm³/mol. The summed E-state index contributed by atoms with van der Waals surface area (Å²) >= 11 is 7.53. The smallest absolute Gasteiger partial charge is 0.497 e. The number of ether oxygens (including phenoxy) is 2. The highest BCUT2D eigenvalue weighted by atomic mass is 35.5. The molecule has 2 heterocycles. The Kier molecular flexibility index (Phi) is 4.96. The van der Waals surface area contributed by atoms with Crippen LogP contribution in [0.15, 0.2) is 35.7 Å². The Bertz CT molecular complexity index is 902. The first-order chi connectivity index (χ1) is 12.0. The minimum absolute atomic E-state index is 0.0744. The van der Waals surface area contributed by atoms with Crippen LogP contribution in [-0.4, -0.2) is 28.2 Å². The van der Waals surface area contributed by atoms with Crippen molar-refractivity contribution < 1.29 is 19.4 Å². The Morgan fingerprint density at radius 2 is 2.08 bits per heavy atom. The van der Waals surface area contributed by atoms with Gasteiger partial charge >= 0.3 is 6.16 Å². The van der Waals surface area contributed by atoms with Gasteiger partial charge in [0.2, 0.25) is 5.88 Å². The molecule has 0 saturated heterocycles. The van der Waals surface area contributed by atoms with Crippen LogP contribution in [-0.2, 0) is 6.42 Å². The van der Waals surface area contributed by atoms with Crippen molar-refractivity contribution in [1.29, 1.82) is 0 Å². The van der Waals surface area contributed by atoms with E-state index in [4.69, 9.17) is 26.2 Å². The van der Waals surface area contributed by atoms with Crippen molar-refractivity contribution >= 4 is 29.1 Å². The monoisotopic (exact) mass is 378 g/mol. The summed E-state index contributed by atoms with van der Waals surface area (Å²) in [6, 6.07) is 9.13. The fourth-order valence-electron chi connectivity index (χ4n) is 2.51. The molecule has 25 heavy (non-hydrogen) atoms. The average Bonchev–Trinajstić information content (AvgIpc) is 3.17. The zero-order chi connectivity index (χ0) is 18.0. The fraction of sp³-hybridized carbons (Fsp3) is 0.176. The van der Waals surface area contributed by atoms with Gasteiger partial charge in [-0.25, -0.2) is 9.48 Å². The number of carbonyl (C=O) groups is 1. The molecular weight excluding hydrogens is 364 g/mol. The van der Waals surface area contributed by atoms with Crippen LogP contribution in [0.25, 0.3) is 16.3 Å². The number of aromatic nitrogens is 2. The van der Waals surface area contributed by atoms with Gasteiger partial charge in [0.25, 0.3) is 0 Å². The van der Waals surface area contributed by atoms with E-state index in [9.17, 15) is 4.79 Å². The zero-order valence-electron chi connectivity index (χ0n) is 13.5. The topological polar surface area (TPSA) is 73.6 Å². The molecule has 0 bridgehead atoms. The van der Waals surface area contributed by atoms with Crippen molar-refractivity contribution in [2.75, 3.05) is 7.11 Å². The highest BCUT2D eigenvalue weighted by Gasteiger charge is 2.23. The molecule has 0 aliphatic carbocycles. The van der Waals surface area contributed by atoms with Crippen molar-refractivity contribution in [3.63, 3.8) is 0 Å².